The highest BCUT2D eigenvalue weighted by atomic mass is 35.5. The molecule has 0 fully saturated rings. The van der Waals surface area contributed by atoms with Gasteiger partial charge in [0.25, 0.3) is 5.91 Å². The summed E-state index contributed by atoms with van der Waals surface area (Å²) < 4.78 is 1.69. The van der Waals surface area contributed by atoms with Gasteiger partial charge in [-0.2, -0.15) is 0 Å². The number of aryl methyl sites for hydroxylation is 1. The van der Waals surface area contributed by atoms with Gasteiger partial charge in [0.1, 0.15) is 0 Å². The van der Waals surface area contributed by atoms with Crippen LogP contribution in [0.4, 0.5) is 5.69 Å². The quantitative estimate of drug-likeness (QED) is 0.526. The van der Waals surface area contributed by atoms with Crippen molar-refractivity contribution in [2.75, 3.05) is 5.32 Å². The van der Waals surface area contributed by atoms with Crippen molar-refractivity contribution in [1.29, 1.82) is 0 Å². The fourth-order valence-electron chi connectivity index (χ4n) is 2.88. The van der Waals surface area contributed by atoms with Gasteiger partial charge in [-0.25, -0.2) is 9.67 Å². The lowest BCUT2D eigenvalue weighted by Crippen LogP contribution is -2.14. The third kappa shape index (κ3) is 3.80. The predicted molar refractivity (Wildman–Crippen MR) is 111 cm³/mol. The van der Waals surface area contributed by atoms with Gasteiger partial charge in [0, 0.05) is 16.3 Å². The molecule has 28 heavy (non-hydrogen) atoms. The van der Waals surface area contributed by atoms with Crippen LogP contribution in [-0.4, -0.2) is 20.7 Å². The maximum Gasteiger partial charge on any atom is 0.295 e. The summed E-state index contributed by atoms with van der Waals surface area (Å²) in [6.07, 6.45) is 0. The highest BCUT2D eigenvalue weighted by Gasteiger charge is 2.19. The van der Waals surface area contributed by atoms with Crippen LogP contribution in [0, 0.1) is 6.92 Å². The first-order valence-electron chi connectivity index (χ1n) is 8.76. The van der Waals surface area contributed by atoms with Crippen molar-refractivity contribution in [3.05, 3.63) is 95.3 Å². The van der Waals surface area contributed by atoms with Crippen LogP contribution < -0.4 is 5.32 Å². The second-order valence-corrected chi connectivity index (χ2v) is 6.78. The minimum Gasteiger partial charge on any atom is -0.319 e. The van der Waals surface area contributed by atoms with E-state index in [9.17, 15) is 4.79 Å². The van der Waals surface area contributed by atoms with Gasteiger partial charge in [-0.1, -0.05) is 60.1 Å². The molecular weight excluding hydrogens is 372 g/mol. The van der Waals surface area contributed by atoms with Gasteiger partial charge in [-0.3, -0.25) is 4.79 Å². The molecule has 0 radical (unpaired) electrons. The Morgan fingerprint density at radius 1 is 0.964 bits per heavy atom. The fraction of sp³-hybridized carbons (Fsp3) is 0.0455. The zero-order chi connectivity index (χ0) is 19.5. The molecule has 4 rings (SSSR count). The number of halogens is 1. The van der Waals surface area contributed by atoms with Gasteiger partial charge in [-0.05, 0) is 42.8 Å². The Kier molecular flexibility index (Phi) is 4.91. The molecule has 0 aliphatic carbocycles. The molecule has 138 valence electrons. The van der Waals surface area contributed by atoms with Crippen LogP contribution in [0.25, 0.3) is 17.1 Å². The normalized spacial score (nSPS) is 10.6. The number of hydrogen-bond donors (Lipinski definition) is 1. The van der Waals surface area contributed by atoms with Crippen molar-refractivity contribution >= 4 is 23.2 Å². The Bertz CT molecular complexity index is 1140. The Labute approximate surface area is 167 Å². The Morgan fingerprint density at radius 3 is 2.50 bits per heavy atom. The molecule has 0 atom stereocenters. The summed E-state index contributed by atoms with van der Waals surface area (Å²) in [5.74, 6) is 0.286. The Morgan fingerprint density at radius 2 is 1.75 bits per heavy atom. The molecule has 0 bridgehead atoms. The van der Waals surface area contributed by atoms with E-state index in [0.717, 1.165) is 16.8 Å². The lowest BCUT2D eigenvalue weighted by molar-refractivity contribution is 0.101. The van der Waals surface area contributed by atoms with Gasteiger partial charge in [0.15, 0.2) is 5.82 Å². The summed E-state index contributed by atoms with van der Waals surface area (Å²) in [6.45, 7) is 2.01. The predicted octanol–water partition coefficient (Wildman–Crippen LogP) is 5.15. The van der Waals surface area contributed by atoms with Gasteiger partial charge in [0.2, 0.25) is 5.82 Å². The van der Waals surface area contributed by atoms with Crippen LogP contribution in [0.5, 0.6) is 0 Å². The molecule has 1 aromatic heterocycles. The molecule has 1 N–H and O–H groups in total. The topological polar surface area (TPSA) is 59.8 Å². The zero-order valence-electron chi connectivity index (χ0n) is 15.1. The molecule has 0 aliphatic rings. The van der Waals surface area contributed by atoms with Crippen LogP contribution >= 0.6 is 11.6 Å². The standard InChI is InChI=1S/C22H17ClN4O/c1-15-7-5-12-19(13-15)27-21(16-8-3-2-4-9-16)25-20(26-27)22(28)24-18-11-6-10-17(23)14-18/h2-14H,1H3,(H,24,28). The van der Waals surface area contributed by atoms with Gasteiger partial charge in [0.05, 0.1) is 5.69 Å². The molecule has 6 heteroatoms. The highest BCUT2D eigenvalue weighted by Crippen LogP contribution is 2.22. The number of nitrogens with zero attached hydrogens (tertiary/aromatic N) is 3. The maximum absolute atomic E-state index is 12.7. The third-order valence-electron chi connectivity index (χ3n) is 4.17. The van der Waals surface area contributed by atoms with Crippen LogP contribution in [0.15, 0.2) is 78.9 Å². The molecular formula is C22H17ClN4O. The molecule has 1 heterocycles. The average molecular weight is 389 g/mol. The number of carbonyl (C=O) groups is 1. The van der Waals surface area contributed by atoms with E-state index in [-0.39, 0.29) is 5.82 Å². The van der Waals surface area contributed by atoms with Crippen LogP contribution in [0.3, 0.4) is 0 Å². The molecule has 4 aromatic rings. The zero-order valence-corrected chi connectivity index (χ0v) is 15.9. The van der Waals surface area contributed by atoms with Crippen molar-refractivity contribution in [3.8, 4) is 17.1 Å². The molecule has 1 amide bonds. The van der Waals surface area contributed by atoms with Crippen LogP contribution in [0.2, 0.25) is 5.02 Å². The second-order valence-electron chi connectivity index (χ2n) is 6.34. The van der Waals surface area contributed by atoms with Crippen LogP contribution in [0.1, 0.15) is 16.2 Å². The number of amides is 1. The third-order valence-corrected chi connectivity index (χ3v) is 4.41. The number of hydrogen-bond acceptors (Lipinski definition) is 3. The minimum atomic E-state index is -0.397. The van der Waals surface area contributed by atoms with Crippen molar-refractivity contribution in [3.63, 3.8) is 0 Å². The van der Waals surface area contributed by atoms with E-state index >= 15 is 0 Å². The summed E-state index contributed by atoms with van der Waals surface area (Å²) >= 11 is 5.99. The number of benzene rings is 3. The number of rotatable bonds is 4. The summed E-state index contributed by atoms with van der Waals surface area (Å²) in [5, 5.41) is 7.81. The van der Waals surface area contributed by atoms with E-state index in [4.69, 9.17) is 11.6 Å². The van der Waals surface area contributed by atoms with Gasteiger partial charge >= 0.3 is 0 Å². The molecule has 0 aliphatic heterocycles. The molecule has 0 saturated carbocycles. The number of anilines is 1. The highest BCUT2D eigenvalue weighted by molar-refractivity contribution is 6.30. The van der Waals surface area contributed by atoms with E-state index in [1.165, 1.54) is 0 Å². The van der Waals surface area contributed by atoms with E-state index in [0.29, 0.717) is 16.5 Å². The largest absolute Gasteiger partial charge is 0.319 e. The van der Waals surface area contributed by atoms with E-state index in [2.05, 4.69) is 15.4 Å². The number of carbonyl (C=O) groups excluding carboxylic acids is 1. The summed E-state index contributed by atoms with van der Waals surface area (Å²) in [5.41, 5.74) is 3.40. The fourth-order valence-corrected chi connectivity index (χ4v) is 3.07. The number of nitrogens with one attached hydrogen (secondary N) is 1. The molecule has 0 unspecified atom stereocenters. The first-order chi connectivity index (χ1) is 13.6. The smallest absolute Gasteiger partial charge is 0.295 e. The first-order valence-corrected chi connectivity index (χ1v) is 9.14. The molecule has 5 nitrogen and oxygen atoms in total. The maximum atomic E-state index is 12.7. The van der Waals surface area contributed by atoms with Gasteiger partial charge < -0.3 is 5.32 Å². The van der Waals surface area contributed by atoms with E-state index in [1.54, 1.807) is 28.9 Å². The van der Waals surface area contributed by atoms with Gasteiger partial charge in [-0.15, -0.1) is 5.10 Å². The SMILES string of the molecule is Cc1cccc(-n2nc(C(=O)Nc3cccc(Cl)c3)nc2-c2ccccc2)c1. The van der Waals surface area contributed by atoms with Crippen molar-refractivity contribution in [2.45, 2.75) is 6.92 Å². The van der Waals surface area contributed by atoms with Crippen molar-refractivity contribution in [1.82, 2.24) is 14.8 Å². The van der Waals surface area contributed by atoms with Crippen LogP contribution in [-0.2, 0) is 0 Å². The van der Waals surface area contributed by atoms with Crippen molar-refractivity contribution in [2.24, 2.45) is 0 Å². The Hall–Kier alpha value is -3.44. The summed E-state index contributed by atoms with van der Waals surface area (Å²) in [6, 6.07) is 24.5. The lowest BCUT2D eigenvalue weighted by atomic mass is 10.2. The van der Waals surface area contributed by atoms with Crippen molar-refractivity contribution < 1.29 is 4.79 Å². The van der Waals surface area contributed by atoms with E-state index < -0.39 is 5.91 Å². The molecule has 3 aromatic carbocycles. The Balaban J connectivity index is 1.76. The summed E-state index contributed by atoms with van der Waals surface area (Å²) in [7, 11) is 0. The molecule has 0 spiro atoms. The van der Waals surface area contributed by atoms with E-state index in [1.807, 2.05) is 61.5 Å². The second kappa shape index (κ2) is 7.66. The molecule has 0 saturated heterocycles. The monoisotopic (exact) mass is 388 g/mol. The summed E-state index contributed by atoms with van der Waals surface area (Å²) in [4.78, 5) is 17.2. The minimum absolute atomic E-state index is 0.0836. The number of aromatic nitrogens is 3. The first kappa shape index (κ1) is 17.9. The lowest BCUT2D eigenvalue weighted by Gasteiger charge is -2.06. The average Bonchev–Trinajstić information content (AvgIpc) is 3.14.